The van der Waals surface area contributed by atoms with Gasteiger partial charge in [0.15, 0.2) is 11.6 Å². The van der Waals surface area contributed by atoms with Gasteiger partial charge in [0.05, 0.1) is 11.6 Å². The lowest BCUT2D eigenvalue weighted by Gasteiger charge is -2.32. The van der Waals surface area contributed by atoms with Crippen LogP contribution < -0.4 is 43.0 Å². The molecule has 17 heteroatoms. The van der Waals surface area contributed by atoms with Crippen molar-refractivity contribution in [3.05, 3.63) is 119 Å². The second-order valence-electron chi connectivity index (χ2n) is 19.6. The molecule has 4 unspecified atom stereocenters. The first kappa shape index (κ1) is 54.3. The molecule has 4 aromatic rings. The Hall–Kier alpha value is -7.27. The molecule has 0 spiro atoms. The zero-order valence-corrected chi connectivity index (χ0v) is 41.2. The van der Waals surface area contributed by atoms with Crippen molar-refractivity contribution in [3.63, 3.8) is 0 Å². The van der Waals surface area contributed by atoms with Crippen molar-refractivity contribution >= 4 is 63.7 Å². The molecule has 0 fully saturated rings. The second kappa shape index (κ2) is 22.2. The summed E-state index contributed by atoms with van der Waals surface area (Å²) in [6.07, 6.45) is 0.206. The minimum Gasteiger partial charge on any atom is -0.344 e. The van der Waals surface area contributed by atoms with Crippen molar-refractivity contribution in [3.8, 4) is 0 Å². The Labute approximate surface area is 403 Å². The highest BCUT2D eigenvalue weighted by Gasteiger charge is 2.39. The SMILES string of the molecule is CC(=O)C(Cc1ccc(C(=O)c2ccccc2)cc1)NC(=O)C(C)(C)NC(=O)C(C)NC(=O)C(C)(C)NC(=O)C(C)NC(=O)C(C)(C)NC(=O)C(Cc1ccc2ccccc2c1)NC(=O)C(C)(C)N. The van der Waals surface area contributed by atoms with Crippen molar-refractivity contribution in [1.29, 1.82) is 0 Å². The molecule has 4 atom stereocenters. The molecule has 0 aromatic heterocycles. The Kier molecular flexibility index (Phi) is 17.5. The molecule has 9 N–H and O–H groups in total. The van der Waals surface area contributed by atoms with E-state index in [-0.39, 0.29) is 24.4 Å². The lowest BCUT2D eigenvalue weighted by molar-refractivity contribution is -0.138. The van der Waals surface area contributed by atoms with Crippen molar-refractivity contribution in [2.45, 2.75) is 135 Å². The van der Waals surface area contributed by atoms with Gasteiger partial charge < -0.3 is 43.0 Å². The maximum Gasteiger partial charge on any atom is 0.245 e. The highest BCUT2D eigenvalue weighted by Crippen LogP contribution is 2.19. The van der Waals surface area contributed by atoms with E-state index >= 15 is 0 Å². The van der Waals surface area contributed by atoms with Crippen molar-refractivity contribution in [2.75, 3.05) is 0 Å². The van der Waals surface area contributed by atoms with E-state index in [4.69, 9.17) is 5.73 Å². The zero-order chi connectivity index (χ0) is 51.6. The molecule has 0 aliphatic heterocycles. The van der Waals surface area contributed by atoms with Crippen LogP contribution in [-0.2, 0) is 51.2 Å². The van der Waals surface area contributed by atoms with Gasteiger partial charge in [0.2, 0.25) is 41.4 Å². The van der Waals surface area contributed by atoms with E-state index in [1.54, 1.807) is 48.5 Å². The number of Topliss-reactive ketones (excluding diaryl/α,β-unsaturated/α-hetero) is 1. The van der Waals surface area contributed by atoms with Gasteiger partial charge in [-0.3, -0.25) is 43.2 Å². The quantitative estimate of drug-likeness (QED) is 0.0567. The van der Waals surface area contributed by atoms with Gasteiger partial charge in [-0.15, -0.1) is 0 Å². The van der Waals surface area contributed by atoms with Crippen LogP contribution in [0.25, 0.3) is 10.8 Å². The van der Waals surface area contributed by atoms with Crippen LogP contribution in [-0.4, -0.2) is 99.2 Å². The largest absolute Gasteiger partial charge is 0.344 e. The van der Waals surface area contributed by atoms with Crippen LogP contribution in [0.2, 0.25) is 0 Å². The fourth-order valence-corrected chi connectivity index (χ4v) is 6.86. The van der Waals surface area contributed by atoms with Gasteiger partial charge in [0.1, 0.15) is 34.7 Å². The average molecular weight is 947 g/mol. The smallest absolute Gasteiger partial charge is 0.245 e. The molecule has 7 amide bonds. The van der Waals surface area contributed by atoms with Gasteiger partial charge in [-0.25, -0.2) is 0 Å². The van der Waals surface area contributed by atoms with E-state index in [1.165, 1.54) is 76.2 Å². The molecule has 0 heterocycles. The minimum absolute atomic E-state index is 0.0830. The van der Waals surface area contributed by atoms with Crippen LogP contribution >= 0.6 is 0 Å². The molecular formula is C52H66N8O9. The summed E-state index contributed by atoms with van der Waals surface area (Å²) in [6, 6.07) is 24.4. The van der Waals surface area contributed by atoms with Crippen LogP contribution in [0, 0.1) is 0 Å². The maximum atomic E-state index is 13.8. The van der Waals surface area contributed by atoms with Crippen molar-refractivity contribution < 1.29 is 43.2 Å². The van der Waals surface area contributed by atoms with E-state index < -0.39 is 87.7 Å². The number of carbonyl (C=O) groups is 9. The standard InChI is InChI=1S/C52H66N8O9/c1-30(55-47(68)51(8,9)60-44(65)40(57-45(66)49(4,5)53)29-34-23-24-35-17-15-16-20-38(35)27-34)42(63)58-50(6,7)46(67)54-31(2)43(64)59-52(10,11)48(69)56-39(32(3)61)28-33-21-25-37(26-22-33)41(62)36-18-13-12-14-19-36/h12-27,30-31,39-40H,28-29,53H2,1-11H3,(H,54,67)(H,55,68)(H,56,69)(H,57,66)(H,58,63)(H,59,64)(H,60,65). The van der Waals surface area contributed by atoms with E-state index in [1.807, 2.05) is 48.5 Å². The predicted molar refractivity (Wildman–Crippen MR) is 262 cm³/mol. The number of hydrogen-bond donors (Lipinski definition) is 8. The number of nitrogens with one attached hydrogen (secondary N) is 7. The third-order valence-electron chi connectivity index (χ3n) is 11.4. The summed E-state index contributed by atoms with van der Waals surface area (Å²) in [6.45, 7) is 15.6. The van der Waals surface area contributed by atoms with Gasteiger partial charge in [0.25, 0.3) is 0 Å². The number of nitrogens with two attached hydrogens (primary N) is 1. The Balaban J connectivity index is 1.30. The van der Waals surface area contributed by atoms with E-state index in [0.29, 0.717) is 16.7 Å². The van der Waals surface area contributed by atoms with E-state index in [9.17, 15) is 43.2 Å². The van der Waals surface area contributed by atoms with Crippen molar-refractivity contribution in [1.82, 2.24) is 37.2 Å². The average Bonchev–Trinajstić information content (AvgIpc) is 3.27. The first-order valence-corrected chi connectivity index (χ1v) is 22.7. The van der Waals surface area contributed by atoms with Gasteiger partial charge >= 0.3 is 0 Å². The van der Waals surface area contributed by atoms with Crippen LogP contribution in [0.5, 0.6) is 0 Å². The lowest BCUT2D eigenvalue weighted by Crippen LogP contribution is -2.65. The van der Waals surface area contributed by atoms with Crippen molar-refractivity contribution in [2.24, 2.45) is 5.73 Å². The summed E-state index contributed by atoms with van der Waals surface area (Å²) in [5.41, 5.74) is 2.40. The Bertz CT molecular complexity index is 2580. The van der Waals surface area contributed by atoms with Gasteiger partial charge in [-0.1, -0.05) is 97.1 Å². The monoisotopic (exact) mass is 946 g/mol. The summed E-state index contributed by atoms with van der Waals surface area (Å²) < 4.78 is 0. The fraction of sp³-hybridized carbons (Fsp3) is 0.404. The fourth-order valence-electron chi connectivity index (χ4n) is 6.86. The highest BCUT2D eigenvalue weighted by molar-refractivity contribution is 6.09. The Morgan fingerprint density at radius 3 is 1.36 bits per heavy atom. The lowest BCUT2D eigenvalue weighted by atomic mass is 9.97. The van der Waals surface area contributed by atoms with E-state index in [2.05, 4.69) is 37.2 Å². The molecule has 0 bridgehead atoms. The first-order valence-electron chi connectivity index (χ1n) is 22.7. The minimum atomic E-state index is -1.62. The van der Waals surface area contributed by atoms with Gasteiger partial charge in [-0.05, 0) is 104 Å². The molecule has 0 radical (unpaired) electrons. The first-order chi connectivity index (χ1) is 32.0. The summed E-state index contributed by atoms with van der Waals surface area (Å²) in [5, 5.41) is 20.3. The van der Waals surface area contributed by atoms with E-state index in [0.717, 1.165) is 16.3 Å². The summed E-state index contributed by atoms with van der Waals surface area (Å²) in [4.78, 5) is 119. The Morgan fingerprint density at radius 1 is 0.464 bits per heavy atom. The molecule has 17 nitrogen and oxygen atoms in total. The van der Waals surface area contributed by atoms with Gasteiger partial charge in [-0.2, -0.15) is 0 Å². The number of ketones is 2. The number of amides is 7. The highest BCUT2D eigenvalue weighted by atomic mass is 16.2. The van der Waals surface area contributed by atoms with Crippen LogP contribution in [0.4, 0.5) is 0 Å². The van der Waals surface area contributed by atoms with Crippen LogP contribution in [0.3, 0.4) is 0 Å². The topological polar surface area (TPSA) is 264 Å². The molecule has 0 aliphatic rings. The zero-order valence-electron chi connectivity index (χ0n) is 41.2. The molecule has 368 valence electrons. The number of hydrogen-bond acceptors (Lipinski definition) is 10. The molecule has 4 rings (SSSR count). The maximum absolute atomic E-state index is 13.8. The Morgan fingerprint density at radius 2 is 0.870 bits per heavy atom. The van der Waals surface area contributed by atoms with Gasteiger partial charge in [0, 0.05) is 17.5 Å². The third kappa shape index (κ3) is 15.1. The van der Waals surface area contributed by atoms with Crippen LogP contribution in [0.15, 0.2) is 97.1 Å². The normalized spacial score (nSPS) is 13.6. The summed E-state index contributed by atoms with van der Waals surface area (Å²) >= 11 is 0. The predicted octanol–water partition coefficient (Wildman–Crippen LogP) is 2.85. The molecule has 0 saturated carbocycles. The molecule has 0 saturated heterocycles. The number of carbonyl (C=O) groups excluding carboxylic acids is 9. The molecule has 0 aliphatic carbocycles. The summed E-state index contributed by atoms with van der Waals surface area (Å²) in [5.74, 6) is -5.41. The summed E-state index contributed by atoms with van der Waals surface area (Å²) in [7, 11) is 0. The molecule has 4 aromatic carbocycles. The number of benzene rings is 4. The third-order valence-corrected chi connectivity index (χ3v) is 11.4. The van der Waals surface area contributed by atoms with Crippen LogP contribution in [0.1, 0.15) is 103 Å². The molecule has 69 heavy (non-hydrogen) atoms. The number of rotatable bonds is 21. The molecular weight excluding hydrogens is 881 g/mol. The number of fused-ring (bicyclic) bond motifs is 1. The second-order valence-corrected chi connectivity index (χ2v) is 19.6.